The molecular formula is C20H22FN5OS. The number of carbonyl (C=O) groups excluding carboxylic acids is 1. The fourth-order valence-electron chi connectivity index (χ4n) is 2.55. The van der Waals surface area contributed by atoms with Gasteiger partial charge in [0.2, 0.25) is 11.1 Å². The minimum atomic E-state index is -0.355. The van der Waals surface area contributed by atoms with E-state index in [1.807, 2.05) is 24.3 Å². The number of anilines is 1. The molecule has 6 nitrogen and oxygen atoms in total. The van der Waals surface area contributed by atoms with Gasteiger partial charge in [-0.05, 0) is 35.2 Å². The third-order valence-electron chi connectivity index (χ3n) is 4.13. The summed E-state index contributed by atoms with van der Waals surface area (Å²) in [5, 5.41) is 11.3. The van der Waals surface area contributed by atoms with Crippen LogP contribution in [0.5, 0.6) is 0 Å². The molecular weight excluding hydrogens is 377 g/mol. The Morgan fingerprint density at radius 3 is 2.36 bits per heavy atom. The van der Waals surface area contributed by atoms with Crippen molar-refractivity contribution >= 4 is 23.4 Å². The van der Waals surface area contributed by atoms with Crippen molar-refractivity contribution in [1.82, 2.24) is 14.9 Å². The van der Waals surface area contributed by atoms with E-state index in [4.69, 9.17) is 5.84 Å². The van der Waals surface area contributed by atoms with Crippen LogP contribution in [0.2, 0.25) is 0 Å². The summed E-state index contributed by atoms with van der Waals surface area (Å²) in [5.74, 6) is 6.15. The predicted molar refractivity (Wildman–Crippen MR) is 110 cm³/mol. The number of hydrogen-bond donors (Lipinski definition) is 2. The van der Waals surface area contributed by atoms with Crippen molar-refractivity contribution in [2.45, 2.75) is 31.3 Å². The zero-order chi connectivity index (χ0) is 20.3. The number of carbonyl (C=O) groups is 1. The molecule has 8 heteroatoms. The van der Waals surface area contributed by atoms with Gasteiger partial charge >= 0.3 is 0 Å². The summed E-state index contributed by atoms with van der Waals surface area (Å²) in [4.78, 5) is 12.1. The number of aromatic nitrogens is 3. The van der Waals surface area contributed by atoms with E-state index < -0.39 is 0 Å². The Morgan fingerprint density at radius 2 is 1.75 bits per heavy atom. The van der Waals surface area contributed by atoms with Gasteiger partial charge in [-0.1, -0.05) is 56.8 Å². The molecule has 0 unspecified atom stereocenters. The van der Waals surface area contributed by atoms with Gasteiger partial charge in [0, 0.05) is 11.3 Å². The third kappa shape index (κ3) is 4.69. The summed E-state index contributed by atoms with van der Waals surface area (Å²) in [6, 6.07) is 13.6. The molecule has 0 saturated carbocycles. The second kappa shape index (κ2) is 8.02. The van der Waals surface area contributed by atoms with Crippen LogP contribution < -0.4 is 11.2 Å². The van der Waals surface area contributed by atoms with Gasteiger partial charge in [0.15, 0.2) is 5.82 Å². The summed E-state index contributed by atoms with van der Waals surface area (Å²) < 4.78 is 14.3. The van der Waals surface area contributed by atoms with Crippen LogP contribution in [0.15, 0.2) is 53.7 Å². The first-order chi connectivity index (χ1) is 13.2. The Hall–Kier alpha value is -2.87. The van der Waals surface area contributed by atoms with E-state index in [9.17, 15) is 9.18 Å². The molecule has 1 aromatic heterocycles. The fraction of sp³-hybridized carbons (Fsp3) is 0.250. The second-order valence-electron chi connectivity index (χ2n) is 7.35. The van der Waals surface area contributed by atoms with E-state index in [2.05, 4.69) is 36.3 Å². The highest BCUT2D eigenvalue weighted by Gasteiger charge is 2.16. The average Bonchev–Trinajstić information content (AvgIpc) is 3.02. The van der Waals surface area contributed by atoms with E-state index in [0.29, 0.717) is 16.7 Å². The minimum Gasteiger partial charge on any atom is -0.335 e. The van der Waals surface area contributed by atoms with E-state index >= 15 is 0 Å². The standard InChI is InChI=1S/C20H22FN5OS/c1-20(2,3)14-6-4-13(5-7-14)18-24-25-19(26(18)22)28-12-17(27)23-16-10-8-15(21)9-11-16/h4-11H,12,22H2,1-3H3,(H,23,27). The molecule has 0 saturated heterocycles. The molecule has 3 N–H and O–H groups in total. The Morgan fingerprint density at radius 1 is 1.11 bits per heavy atom. The number of hydrogen-bond acceptors (Lipinski definition) is 5. The van der Waals surface area contributed by atoms with Crippen molar-refractivity contribution in [2.24, 2.45) is 0 Å². The maximum absolute atomic E-state index is 12.9. The maximum Gasteiger partial charge on any atom is 0.234 e. The lowest BCUT2D eigenvalue weighted by Gasteiger charge is -2.19. The number of benzene rings is 2. The monoisotopic (exact) mass is 399 g/mol. The van der Waals surface area contributed by atoms with Gasteiger partial charge in [0.1, 0.15) is 5.82 Å². The summed E-state index contributed by atoms with van der Waals surface area (Å²) in [6.07, 6.45) is 0. The number of thioether (sulfide) groups is 1. The number of nitrogens with one attached hydrogen (secondary N) is 1. The summed E-state index contributed by atoms with van der Waals surface area (Å²) in [5.41, 5.74) is 2.66. The molecule has 1 heterocycles. The number of amides is 1. The van der Waals surface area contributed by atoms with Crippen molar-refractivity contribution in [3.8, 4) is 11.4 Å². The molecule has 2 aromatic carbocycles. The fourth-order valence-corrected chi connectivity index (χ4v) is 3.21. The van der Waals surface area contributed by atoms with Crippen molar-refractivity contribution in [3.63, 3.8) is 0 Å². The van der Waals surface area contributed by atoms with E-state index in [-0.39, 0.29) is 22.9 Å². The second-order valence-corrected chi connectivity index (χ2v) is 8.29. The SMILES string of the molecule is CC(C)(C)c1ccc(-c2nnc(SCC(=O)Nc3ccc(F)cc3)n2N)cc1. The third-order valence-corrected chi connectivity index (χ3v) is 5.08. The molecule has 146 valence electrons. The minimum absolute atomic E-state index is 0.0633. The molecule has 0 aliphatic heterocycles. The summed E-state index contributed by atoms with van der Waals surface area (Å²) in [6.45, 7) is 6.46. The Labute approximate surface area is 167 Å². The number of nitrogens with zero attached hydrogens (tertiary/aromatic N) is 3. The highest BCUT2D eigenvalue weighted by atomic mass is 32.2. The quantitative estimate of drug-likeness (QED) is 0.503. The van der Waals surface area contributed by atoms with Gasteiger partial charge in [0.25, 0.3) is 0 Å². The Kier molecular flexibility index (Phi) is 5.69. The molecule has 1 amide bonds. The average molecular weight is 399 g/mol. The molecule has 0 bridgehead atoms. The van der Waals surface area contributed by atoms with Gasteiger partial charge < -0.3 is 11.2 Å². The first kappa shape index (κ1) is 19.9. The van der Waals surface area contributed by atoms with Gasteiger partial charge in [-0.25, -0.2) is 9.07 Å². The van der Waals surface area contributed by atoms with Crippen LogP contribution in [-0.4, -0.2) is 26.5 Å². The van der Waals surface area contributed by atoms with Gasteiger partial charge in [-0.2, -0.15) is 0 Å². The van der Waals surface area contributed by atoms with Crippen LogP contribution in [0.4, 0.5) is 10.1 Å². The summed E-state index contributed by atoms with van der Waals surface area (Å²) in [7, 11) is 0. The number of nitrogen functional groups attached to an aromatic ring is 1. The van der Waals surface area contributed by atoms with Crippen molar-refractivity contribution < 1.29 is 9.18 Å². The lowest BCUT2D eigenvalue weighted by Crippen LogP contribution is -2.16. The normalized spacial score (nSPS) is 11.4. The largest absolute Gasteiger partial charge is 0.335 e. The topological polar surface area (TPSA) is 85.8 Å². The molecule has 0 spiro atoms. The Bertz CT molecular complexity index is 962. The zero-order valence-electron chi connectivity index (χ0n) is 15.9. The van der Waals surface area contributed by atoms with Crippen LogP contribution in [-0.2, 0) is 10.2 Å². The predicted octanol–water partition coefficient (Wildman–Crippen LogP) is 3.83. The smallest absolute Gasteiger partial charge is 0.234 e. The molecule has 3 aromatic rings. The highest BCUT2D eigenvalue weighted by molar-refractivity contribution is 7.99. The van der Waals surface area contributed by atoms with Crippen LogP contribution in [0.1, 0.15) is 26.3 Å². The van der Waals surface area contributed by atoms with Crippen LogP contribution in [0.3, 0.4) is 0 Å². The molecule has 0 aliphatic carbocycles. The summed E-state index contributed by atoms with van der Waals surface area (Å²) >= 11 is 1.18. The number of halogens is 1. The first-order valence-electron chi connectivity index (χ1n) is 8.73. The highest BCUT2D eigenvalue weighted by Crippen LogP contribution is 2.26. The van der Waals surface area contributed by atoms with E-state index in [0.717, 1.165) is 5.56 Å². The zero-order valence-corrected chi connectivity index (χ0v) is 16.8. The van der Waals surface area contributed by atoms with Gasteiger partial charge in [-0.15, -0.1) is 10.2 Å². The van der Waals surface area contributed by atoms with E-state index in [1.54, 1.807) is 0 Å². The van der Waals surface area contributed by atoms with Crippen molar-refractivity contribution in [2.75, 3.05) is 16.9 Å². The molecule has 3 rings (SSSR count). The van der Waals surface area contributed by atoms with Crippen LogP contribution in [0, 0.1) is 5.82 Å². The number of rotatable bonds is 5. The molecule has 0 atom stereocenters. The van der Waals surface area contributed by atoms with Crippen LogP contribution in [0.25, 0.3) is 11.4 Å². The van der Waals surface area contributed by atoms with E-state index in [1.165, 1.54) is 46.3 Å². The first-order valence-corrected chi connectivity index (χ1v) is 9.72. The Balaban J connectivity index is 1.64. The molecule has 28 heavy (non-hydrogen) atoms. The van der Waals surface area contributed by atoms with Gasteiger partial charge in [-0.3, -0.25) is 4.79 Å². The molecule has 0 radical (unpaired) electrons. The van der Waals surface area contributed by atoms with Gasteiger partial charge in [0.05, 0.1) is 5.75 Å². The van der Waals surface area contributed by atoms with Crippen molar-refractivity contribution in [3.05, 3.63) is 59.9 Å². The number of nitrogens with two attached hydrogens (primary N) is 1. The van der Waals surface area contributed by atoms with Crippen molar-refractivity contribution in [1.29, 1.82) is 0 Å². The maximum atomic E-state index is 12.9. The lowest BCUT2D eigenvalue weighted by atomic mass is 9.87. The molecule has 0 aliphatic rings. The van der Waals surface area contributed by atoms with Crippen LogP contribution >= 0.6 is 11.8 Å². The molecule has 0 fully saturated rings. The lowest BCUT2D eigenvalue weighted by molar-refractivity contribution is -0.113.